The molecule has 1 fully saturated rings. The maximum Gasteiger partial charge on any atom is 0.279 e. The summed E-state index contributed by atoms with van der Waals surface area (Å²) in [6, 6.07) is 13.9. The lowest BCUT2D eigenvalue weighted by atomic mass is 9.93. The lowest BCUT2D eigenvalue weighted by molar-refractivity contribution is -0.932. The molecule has 2 amide bonds. The van der Waals surface area contributed by atoms with E-state index in [4.69, 9.17) is 0 Å². The van der Waals surface area contributed by atoms with Crippen LogP contribution in [0.15, 0.2) is 48.5 Å². The van der Waals surface area contributed by atoms with Crippen LogP contribution in [-0.2, 0) is 11.3 Å². The second-order valence-corrected chi connectivity index (χ2v) is 7.68. The SMILES string of the molecule is CNC(=O)c1cccc(NC(=O)C[NH+](Cc2ccc(F)cc2)C2CCCCC2)c1. The predicted molar refractivity (Wildman–Crippen MR) is 111 cm³/mol. The average molecular weight is 399 g/mol. The highest BCUT2D eigenvalue weighted by molar-refractivity contribution is 5.97. The van der Waals surface area contributed by atoms with Crippen molar-refractivity contribution in [2.24, 2.45) is 0 Å². The summed E-state index contributed by atoms with van der Waals surface area (Å²) in [4.78, 5) is 25.8. The average Bonchev–Trinajstić information content (AvgIpc) is 2.75. The van der Waals surface area contributed by atoms with E-state index in [1.54, 1.807) is 43.4 Å². The number of quaternary nitrogens is 1. The molecule has 1 aliphatic carbocycles. The molecule has 0 saturated heterocycles. The van der Waals surface area contributed by atoms with Crippen LogP contribution in [0.3, 0.4) is 0 Å². The molecule has 0 aromatic heterocycles. The topological polar surface area (TPSA) is 62.6 Å². The summed E-state index contributed by atoms with van der Waals surface area (Å²) in [5.41, 5.74) is 2.15. The van der Waals surface area contributed by atoms with Crippen LogP contribution in [0.5, 0.6) is 0 Å². The van der Waals surface area contributed by atoms with Crippen molar-refractivity contribution < 1.29 is 18.9 Å². The minimum absolute atomic E-state index is 0.0817. The minimum atomic E-state index is -0.248. The zero-order chi connectivity index (χ0) is 20.6. The van der Waals surface area contributed by atoms with E-state index in [9.17, 15) is 14.0 Å². The van der Waals surface area contributed by atoms with Gasteiger partial charge in [-0.1, -0.05) is 24.6 Å². The number of hydrogen-bond acceptors (Lipinski definition) is 2. The molecule has 1 aliphatic rings. The van der Waals surface area contributed by atoms with Crippen LogP contribution in [0.1, 0.15) is 48.0 Å². The second kappa shape index (κ2) is 10.2. The lowest BCUT2D eigenvalue weighted by Gasteiger charge is -2.31. The van der Waals surface area contributed by atoms with Gasteiger partial charge in [-0.05, 0) is 56.0 Å². The number of amides is 2. The van der Waals surface area contributed by atoms with Crippen molar-refractivity contribution in [2.75, 3.05) is 18.9 Å². The fourth-order valence-corrected chi connectivity index (χ4v) is 4.02. The Labute approximate surface area is 171 Å². The standard InChI is InChI=1S/C23H28FN3O2/c1-25-23(29)18-6-5-7-20(14-18)26-22(28)16-27(21-8-3-2-4-9-21)15-17-10-12-19(24)13-11-17/h5-7,10-14,21H,2-4,8-9,15-16H2,1H3,(H,25,29)(H,26,28)/p+1. The number of halogens is 1. The zero-order valence-corrected chi connectivity index (χ0v) is 16.8. The van der Waals surface area contributed by atoms with Gasteiger partial charge in [0.15, 0.2) is 6.54 Å². The number of hydrogen-bond donors (Lipinski definition) is 3. The van der Waals surface area contributed by atoms with E-state index in [1.165, 1.54) is 36.3 Å². The first-order chi connectivity index (χ1) is 14.0. The molecule has 1 saturated carbocycles. The molecular weight excluding hydrogens is 369 g/mol. The summed E-state index contributed by atoms with van der Waals surface area (Å²) in [6.07, 6.45) is 5.84. The molecule has 0 aliphatic heterocycles. The zero-order valence-electron chi connectivity index (χ0n) is 16.8. The van der Waals surface area contributed by atoms with Crippen LogP contribution in [0.25, 0.3) is 0 Å². The van der Waals surface area contributed by atoms with Crippen molar-refractivity contribution in [3.63, 3.8) is 0 Å². The van der Waals surface area contributed by atoms with E-state index in [2.05, 4.69) is 10.6 Å². The summed E-state index contributed by atoms with van der Waals surface area (Å²) >= 11 is 0. The van der Waals surface area contributed by atoms with Gasteiger partial charge in [0.1, 0.15) is 12.4 Å². The highest BCUT2D eigenvalue weighted by atomic mass is 19.1. The summed E-state index contributed by atoms with van der Waals surface area (Å²) in [5, 5.41) is 5.51. The molecule has 5 nitrogen and oxygen atoms in total. The Morgan fingerprint density at radius 2 is 1.79 bits per heavy atom. The van der Waals surface area contributed by atoms with E-state index in [0.29, 0.717) is 30.4 Å². The number of rotatable bonds is 7. The van der Waals surface area contributed by atoms with E-state index in [0.717, 1.165) is 18.4 Å². The summed E-state index contributed by atoms with van der Waals surface area (Å²) in [7, 11) is 1.58. The molecule has 0 bridgehead atoms. The molecular formula is C23H29FN3O2+. The van der Waals surface area contributed by atoms with Gasteiger partial charge in [0, 0.05) is 23.9 Å². The fraction of sp³-hybridized carbons (Fsp3) is 0.391. The van der Waals surface area contributed by atoms with Gasteiger partial charge in [-0.3, -0.25) is 9.59 Å². The van der Waals surface area contributed by atoms with E-state index >= 15 is 0 Å². The third-order valence-electron chi connectivity index (χ3n) is 5.55. The molecule has 0 spiro atoms. The van der Waals surface area contributed by atoms with E-state index < -0.39 is 0 Å². The first kappa shape index (κ1) is 21.0. The van der Waals surface area contributed by atoms with Crippen molar-refractivity contribution in [2.45, 2.75) is 44.7 Å². The molecule has 0 radical (unpaired) electrons. The predicted octanol–water partition coefficient (Wildman–Crippen LogP) is 2.54. The molecule has 3 rings (SSSR count). The molecule has 3 N–H and O–H groups in total. The Hall–Kier alpha value is -2.73. The van der Waals surface area contributed by atoms with Crippen molar-refractivity contribution in [3.05, 3.63) is 65.5 Å². The molecule has 154 valence electrons. The van der Waals surface area contributed by atoms with E-state index in [1.807, 2.05) is 0 Å². The Morgan fingerprint density at radius 3 is 2.48 bits per heavy atom. The van der Waals surface area contributed by atoms with Crippen molar-refractivity contribution in [1.82, 2.24) is 5.32 Å². The van der Waals surface area contributed by atoms with Gasteiger partial charge in [-0.15, -0.1) is 0 Å². The first-order valence-corrected chi connectivity index (χ1v) is 10.3. The maximum absolute atomic E-state index is 13.2. The normalized spacial score (nSPS) is 15.5. The number of nitrogens with one attached hydrogen (secondary N) is 3. The quantitative estimate of drug-likeness (QED) is 0.671. The van der Waals surface area contributed by atoms with Crippen LogP contribution in [0, 0.1) is 5.82 Å². The number of anilines is 1. The lowest BCUT2D eigenvalue weighted by Crippen LogP contribution is -3.15. The van der Waals surface area contributed by atoms with Gasteiger partial charge in [0.2, 0.25) is 0 Å². The summed E-state index contributed by atoms with van der Waals surface area (Å²) < 4.78 is 13.2. The summed E-state index contributed by atoms with van der Waals surface area (Å²) in [6.45, 7) is 1.03. The van der Waals surface area contributed by atoms with Crippen LogP contribution in [0.4, 0.5) is 10.1 Å². The van der Waals surface area contributed by atoms with Crippen LogP contribution < -0.4 is 15.5 Å². The minimum Gasteiger partial charge on any atom is -0.355 e. The van der Waals surface area contributed by atoms with E-state index in [-0.39, 0.29) is 17.6 Å². The maximum atomic E-state index is 13.2. The van der Waals surface area contributed by atoms with Gasteiger partial charge in [0.05, 0.1) is 6.04 Å². The second-order valence-electron chi connectivity index (χ2n) is 7.68. The Kier molecular flexibility index (Phi) is 7.36. The van der Waals surface area contributed by atoms with Gasteiger partial charge in [-0.25, -0.2) is 4.39 Å². The monoisotopic (exact) mass is 398 g/mol. The van der Waals surface area contributed by atoms with Gasteiger partial charge in [-0.2, -0.15) is 0 Å². The molecule has 1 unspecified atom stereocenters. The van der Waals surface area contributed by atoms with Crippen molar-refractivity contribution in [3.8, 4) is 0 Å². The Bertz CT molecular complexity index is 832. The largest absolute Gasteiger partial charge is 0.355 e. The molecule has 2 aromatic carbocycles. The molecule has 2 aromatic rings. The van der Waals surface area contributed by atoms with Gasteiger partial charge >= 0.3 is 0 Å². The molecule has 29 heavy (non-hydrogen) atoms. The smallest absolute Gasteiger partial charge is 0.279 e. The van der Waals surface area contributed by atoms with Gasteiger partial charge < -0.3 is 15.5 Å². The third kappa shape index (κ3) is 6.12. The van der Waals surface area contributed by atoms with Crippen molar-refractivity contribution in [1.29, 1.82) is 0 Å². The Morgan fingerprint density at radius 1 is 1.07 bits per heavy atom. The number of carbonyl (C=O) groups excluding carboxylic acids is 2. The Balaban J connectivity index is 1.68. The first-order valence-electron chi connectivity index (χ1n) is 10.3. The summed E-state index contributed by atoms with van der Waals surface area (Å²) in [5.74, 6) is -0.518. The molecule has 1 atom stereocenters. The number of carbonyl (C=O) groups is 2. The fourth-order valence-electron chi connectivity index (χ4n) is 4.02. The highest BCUT2D eigenvalue weighted by Gasteiger charge is 2.27. The highest BCUT2D eigenvalue weighted by Crippen LogP contribution is 2.16. The van der Waals surface area contributed by atoms with Crippen LogP contribution >= 0.6 is 0 Å². The molecule has 6 heteroatoms. The van der Waals surface area contributed by atoms with Crippen molar-refractivity contribution >= 4 is 17.5 Å². The van der Waals surface area contributed by atoms with Gasteiger partial charge in [0.25, 0.3) is 11.8 Å². The number of benzene rings is 2. The van der Waals surface area contributed by atoms with Crippen LogP contribution in [-0.4, -0.2) is 31.4 Å². The molecule has 0 heterocycles. The van der Waals surface area contributed by atoms with Crippen LogP contribution in [0.2, 0.25) is 0 Å². The third-order valence-corrected chi connectivity index (χ3v) is 5.55.